The number of ether oxygens (including phenoxy) is 2. The van der Waals surface area contributed by atoms with Crippen LogP contribution in [0.25, 0.3) is 0 Å². The number of aliphatic hydroxyl groups is 5. The minimum Gasteiger partial charge on any atom is -0.394 e. The van der Waals surface area contributed by atoms with Crippen molar-refractivity contribution in [2.45, 2.75) is 76.8 Å². The van der Waals surface area contributed by atoms with Gasteiger partial charge in [0.05, 0.1) is 19.3 Å². The van der Waals surface area contributed by atoms with E-state index in [-0.39, 0.29) is 29.6 Å². The first-order valence-electron chi connectivity index (χ1n) is 10.4. The Kier molecular flexibility index (Phi) is 5.22. The van der Waals surface area contributed by atoms with Crippen molar-refractivity contribution in [2.24, 2.45) is 22.7 Å². The van der Waals surface area contributed by atoms with Gasteiger partial charge in [-0.25, -0.2) is 0 Å². The molecule has 8 heteroatoms. The number of carbonyl (C=O) groups excluding carboxylic acids is 1. The molecule has 1 aliphatic heterocycles. The molecule has 164 valence electrons. The molecule has 1 saturated heterocycles. The quantitative estimate of drug-likeness (QED) is 0.390. The number of allylic oxidation sites excluding steroid dienone is 1. The molecule has 2 saturated carbocycles. The highest BCUT2D eigenvalue weighted by atomic mass is 16.7. The standard InChI is InChI=1S/C21H32O8/c1-20(2)6-9-13(18(20)27)21(3)5-4-11(21)10(14(9)23)8-28-19-17(26)16(25)15(24)12(7-22)29-19/h9,12-17,19,22-26H,4-8H2,1-3H3. The van der Waals surface area contributed by atoms with Gasteiger partial charge in [-0.2, -0.15) is 0 Å². The van der Waals surface area contributed by atoms with Crippen LogP contribution in [0.2, 0.25) is 0 Å². The van der Waals surface area contributed by atoms with Gasteiger partial charge in [0.1, 0.15) is 30.2 Å². The predicted molar refractivity (Wildman–Crippen MR) is 100 cm³/mol. The van der Waals surface area contributed by atoms with Crippen molar-refractivity contribution >= 4 is 5.78 Å². The Labute approximate surface area is 170 Å². The number of ketones is 1. The summed E-state index contributed by atoms with van der Waals surface area (Å²) < 4.78 is 11.1. The Balaban J connectivity index is 1.55. The van der Waals surface area contributed by atoms with Crippen LogP contribution >= 0.6 is 0 Å². The smallest absolute Gasteiger partial charge is 0.187 e. The van der Waals surface area contributed by atoms with E-state index in [4.69, 9.17) is 9.47 Å². The molecule has 0 aromatic carbocycles. The Hall–Kier alpha value is -0.870. The van der Waals surface area contributed by atoms with Crippen molar-refractivity contribution in [1.82, 2.24) is 0 Å². The molecule has 0 bridgehead atoms. The molecule has 8 nitrogen and oxygen atoms in total. The molecule has 3 aliphatic carbocycles. The third-order valence-corrected chi connectivity index (χ3v) is 7.80. The summed E-state index contributed by atoms with van der Waals surface area (Å²) in [6.45, 7) is 5.42. The zero-order valence-corrected chi connectivity index (χ0v) is 17.1. The molecule has 0 spiro atoms. The molecule has 4 aliphatic rings. The van der Waals surface area contributed by atoms with E-state index in [1.54, 1.807) is 0 Å². The van der Waals surface area contributed by atoms with Gasteiger partial charge in [0.25, 0.3) is 0 Å². The summed E-state index contributed by atoms with van der Waals surface area (Å²) >= 11 is 0. The monoisotopic (exact) mass is 412 g/mol. The van der Waals surface area contributed by atoms with Gasteiger partial charge in [-0.05, 0) is 30.3 Å². The molecule has 0 aromatic heterocycles. The Morgan fingerprint density at radius 2 is 1.79 bits per heavy atom. The van der Waals surface area contributed by atoms with E-state index >= 15 is 0 Å². The fourth-order valence-electron chi connectivity index (χ4n) is 5.98. The molecule has 0 aromatic rings. The second-order valence-corrected chi connectivity index (χ2v) is 9.97. The maximum absolute atomic E-state index is 13.0. The first kappa shape index (κ1) is 21.4. The molecule has 0 amide bonds. The molecule has 5 N–H and O–H groups in total. The zero-order valence-electron chi connectivity index (χ0n) is 17.1. The van der Waals surface area contributed by atoms with Gasteiger partial charge in [-0.3, -0.25) is 4.79 Å². The van der Waals surface area contributed by atoms with E-state index in [1.165, 1.54) is 0 Å². The van der Waals surface area contributed by atoms with Crippen LogP contribution in [-0.2, 0) is 14.3 Å². The van der Waals surface area contributed by atoms with Crippen LogP contribution in [0.15, 0.2) is 11.1 Å². The highest BCUT2D eigenvalue weighted by Crippen LogP contribution is 2.64. The van der Waals surface area contributed by atoms with Crippen LogP contribution < -0.4 is 0 Å². The van der Waals surface area contributed by atoms with Crippen molar-refractivity contribution in [1.29, 1.82) is 0 Å². The lowest BCUT2D eigenvalue weighted by Crippen LogP contribution is -2.59. The van der Waals surface area contributed by atoms with Crippen LogP contribution in [-0.4, -0.2) is 81.3 Å². The number of hydrogen-bond donors (Lipinski definition) is 5. The summed E-state index contributed by atoms with van der Waals surface area (Å²) in [6.07, 6.45) is -5.23. The number of aliphatic hydroxyl groups excluding tert-OH is 5. The number of carbonyl (C=O) groups is 1. The molecule has 9 unspecified atom stereocenters. The highest BCUT2D eigenvalue weighted by Gasteiger charge is 2.63. The summed E-state index contributed by atoms with van der Waals surface area (Å²) in [5.41, 5.74) is 1.03. The SMILES string of the molecule is CC1(C)CC2C(O)C(COC3OC(CO)C(O)C(O)C3O)=C3CCC3(C)C2C1=O. The normalized spacial score (nSPS) is 48.9. The Bertz CT molecular complexity index is 715. The minimum absolute atomic E-state index is 0.00732. The first-order chi connectivity index (χ1) is 13.5. The van der Waals surface area contributed by atoms with Gasteiger partial charge in [0.15, 0.2) is 6.29 Å². The Morgan fingerprint density at radius 3 is 2.38 bits per heavy atom. The van der Waals surface area contributed by atoms with Crippen LogP contribution in [0.1, 0.15) is 40.0 Å². The molecular formula is C21H32O8. The van der Waals surface area contributed by atoms with Crippen molar-refractivity contribution < 1.29 is 39.8 Å². The summed E-state index contributed by atoms with van der Waals surface area (Å²) in [5.74, 6) is -0.137. The molecule has 0 radical (unpaired) electrons. The summed E-state index contributed by atoms with van der Waals surface area (Å²) in [7, 11) is 0. The lowest BCUT2D eigenvalue weighted by molar-refractivity contribution is -0.299. The van der Waals surface area contributed by atoms with E-state index in [1.807, 2.05) is 13.8 Å². The van der Waals surface area contributed by atoms with E-state index in [0.29, 0.717) is 6.42 Å². The van der Waals surface area contributed by atoms with E-state index < -0.39 is 48.8 Å². The Morgan fingerprint density at radius 1 is 1.10 bits per heavy atom. The summed E-state index contributed by atoms with van der Waals surface area (Å²) in [5, 5.41) is 50.4. The van der Waals surface area contributed by atoms with Crippen molar-refractivity contribution in [3.63, 3.8) is 0 Å². The molecule has 3 fully saturated rings. The maximum atomic E-state index is 13.0. The second kappa shape index (κ2) is 7.09. The van der Waals surface area contributed by atoms with E-state index in [0.717, 1.165) is 24.0 Å². The van der Waals surface area contributed by atoms with Crippen molar-refractivity contribution in [3.8, 4) is 0 Å². The lowest BCUT2D eigenvalue weighted by atomic mass is 9.50. The summed E-state index contributed by atoms with van der Waals surface area (Å²) in [4.78, 5) is 13.0. The number of Topliss-reactive ketones (excluding diaryl/α,β-unsaturated/α-hetero) is 1. The fraction of sp³-hybridized carbons (Fsp3) is 0.857. The largest absolute Gasteiger partial charge is 0.394 e. The second-order valence-electron chi connectivity index (χ2n) is 9.97. The molecule has 29 heavy (non-hydrogen) atoms. The predicted octanol–water partition coefficient (Wildman–Crippen LogP) is -0.495. The number of fused-ring (bicyclic) bond motifs is 3. The van der Waals surface area contributed by atoms with Gasteiger partial charge in [0, 0.05) is 17.3 Å². The minimum atomic E-state index is -1.51. The molecule has 4 rings (SSSR count). The van der Waals surface area contributed by atoms with Crippen molar-refractivity contribution in [2.75, 3.05) is 13.2 Å². The first-order valence-corrected chi connectivity index (χ1v) is 10.4. The van der Waals surface area contributed by atoms with Crippen LogP contribution in [0.4, 0.5) is 0 Å². The third-order valence-electron chi connectivity index (χ3n) is 7.80. The summed E-state index contributed by atoms with van der Waals surface area (Å²) in [6, 6.07) is 0. The zero-order chi connectivity index (χ0) is 21.3. The topological polar surface area (TPSA) is 137 Å². The third kappa shape index (κ3) is 3.04. The van der Waals surface area contributed by atoms with Gasteiger partial charge in [0.2, 0.25) is 0 Å². The van der Waals surface area contributed by atoms with Gasteiger partial charge < -0.3 is 35.0 Å². The van der Waals surface area contributed by atoms with Gasteiger partial charge in [-0.15, -0.1) is 0 Å². The van der Waals surface area contributed by atoms with Gasteiger partial charge >= 0.3 is 0 Å². The maximum Gasteiger partial charge on any atom is 0.187 e. The van der Waals surface area contributed by atoms with E-state index in [9.17, 15) is 30.3 Å². The fourth-order valence-corrected chi connectivity index (χ4v) is 5.98. The van der Waals surface area contributed by atoms with Crippen molar-refractivity contribution in [3.05, 3.63) is 11.1 Å². The van der Waals surface area contributed by atoms with Crippen LogP contribution in [0, 0.1) is 22.7 Å². The average Bonchev–Trinajstić information content (AvgIpc) is 2.91. The van der Waals surface area contributed by atoms with E-state index in [2.05, 4.69) is 6.92 Å². The average molecular weight is 412 g/mol. The highest BCUT2D eigenvalue weighted by molar-refractivity contribution is 5.90. The van der Waals surface area contributed by atoms with Crippen LogP contribution in [0.3, 0.4) is 0 Å². The number of rotatable bonds is 4. The number of hydrogen-bond acceptors (Lipinski definition) is 8. The lowest BCUT2D eigenvalue weighted by Gasteiger charge is -2.54. The molecule has 9 atom stereocenters. The molecular weight excluding hydrogens is 380 g/mol. The van der Waals surface area contributed by atoms with Crippen LogP contribution in [0.5, 0.6) is 0 Å². The van der Waals surface area contributed by atoms with Gasteiger partial charge in [-0.1, -0.05) is 26.3 Å². The molecule has 1 heterocycles.